The maximum absolute atomic E-state index is 12.0. The summed E-state index contributed by atoms with van der Waals surface area (Å²) in [5, 5.41) is 12.1. The summed E-state index contributed by atoms with van der Waals surface area (Å²) >= 11 is 6.00. The minimum Gasteiger partial charge on any atom is -0.378 e. The lowest BCUT2D eigenvalue weighted by Gasteiger charge is -2.19. The summed E-state index contributed by atoms with van der Waals surface area (Å²) in [7, 11) is 0. The van der Waals surface area contributed by atoms with E-state index in [0.717, 1.165) is 5.56 Å². The highest BCUT2D eigenvalue weighted by Crippen LogP contribution is 2.27. The van der Waals surface area contributed by atoms with Crippen molar-refractivity contribution in [2.75, 3.05) is 12.0 Å². The summed E-state index contributed by atoms with van der Waals surface area (Å²) in [6.07, 6.45) is 6.88. The third-order valence-electron chi connectivity index (χ3n) is 4.19. The van der Waals surface area contributed by atoms with E-state index in [-0.39, 0.29) is 11.4 Å². The second-order valence-electron chi connectivity index (χ2n) is 6.45. The van der Waals surface area contributed by atoms with Crippen molar-refractivity contribution in [1.29, 1.82) is 0 Å². The number of nitrogens with two attached hydrogens (primary N) is 1. The van der Waals surface area contributed by atoms with E-state index in [0.29, 0.717) is 28.9 Å². The maximum atomic E-state index is 12.0. The minimum absolute atomic E-state index is 0.147. The number of aliphatic imine (C=N–C) groups is 2. The molecule has 0 radical (unpaired) electrons. The fraction of sp³-hybridized carbons (Fsp3) is 0.0476. The number of hydroxylamine groups is 2. The fourth-order valence-corrected chi connectivity index (χ4v) is 2.97. The first kappa shape index (κ1) is 20.2. The third-order valence-corrected chi connectivity index (χ3v) is 4.43. The van der Waals surface area contributed by atoms with Crippen LogP contribution < -0.4 is 15.9 Å². The number of allylic oxidation sites excluding steroid dienone is 1. The number of carbonyl (C=O) groups is 1. The number of anilines is 2. The van der Waals surface area contributed by atoms with Gasteiger partial charge < -0.3 is 15.9 Å². The number of carbonyl (C=O) groups excluding carboxylic acids is 1. The van der Waals surface area contributed by atoms with Crippen molar-refractivity contribution in [3.05, 3.63) is 77.0 Å². The lowest BCUT2D eigenvalue weighted by atomic mass is 10.2. The number of H-pyrrole nitrogens is 1. The largest absolute Gasteiger partial charge is 0.378 e. The Morgan fingerprint density at radius 2 is 2.13 bits per heavy atom. The number of aromatic amines is 1. The fourth-order valence-electron chi connectivity index (χ4n) is 2.78. The van der Waals surface area contributed by atoms with Crippen LogP contribution in [0, 0.1) is 0 Å². The Hall–Kier alpha value is -4.11. The number of benzene rings is 2. The molecule has 1 aromatic heterocycles. The van der Waals surface area contributed by atoms with Crippen molar-refractivity contribution in [2.45, 2.75) is 0 Å². The van der Waals surface area contributed by atoms with Crippen LogP contribution in [0.3, 0.4) is 0 Å². The molecular formula is C21H18ClN7O2. The second kappa shape index (κ2) is 9.14. The summed E-state index contributed by atoms with van der Waals surface area (Å²) in [4.78, 5) is 26.1. The SMILES string of the molecule is NC(=O)c1c(N=Cc2ccc(ON3C=CC=NC3)cc2)n[nH]c1Nc1cccc(Cl)c1. The molecule has 0 saturated carbocycles. The number of nitrogens with one attached hydrogen (secondary N) is 2. The van der Waals surface area contributed by atoms with Crippen LogP contribution in [0.2, 0.25) is 5.02 Å². The van der Waals surface area contributed by atoms with Crippen molar-refractivity contribution in [2.24, 2.45) is 15.7 Å². The Labute approximate surface area is 182 Å². The van der Waals surface area contributed by atoms with E-state index in [2.05, 4.69) is 25.5 Å². The third kappa shape index (κ3) is 5.09. The summed E-state index contributed by atoms with van der Waals surface area (Å²) in [6.45, 7) is 0.431. The molecule has 0 fully saturated rings. The highest BCUT2D eigenvalue weighted by molar-refractivity contribution is 6.30. The van der Waals surface area contributed by atoms with Gasteiger partial charge in [-0.05, 0) is 54.1 Å². The molecule has 10 heteroatoms. The molecule has 0 aliphatic carbocycles. The first-order valence-corrected chi connectivity index (χ1v) is 9.62. The molecule has 2 heterocycles. The normalized spacial score (nSPS) is 13.0. The molecule has 31 heavy (non-hydrogen) atoms. The molecule has 4 rings (SSSR count). The topological polar surface area (TPSA) is 121 Å². The van der Waals surface area contributed by atoms with Crippen molar-refractivity contribution < 1.29 is 9.63 Å². The molecule has 1 aliphatic rings. The van der Waals surface area contributed by atoms with E-state index >= 15 is 0 Å². The van der Waals surface area contributed by atoms with Crippen LogP contribution >= 0.6 is 11.6 Å². The quantitative estimate of drug-likeness (QED) is 0.487. The van der Waals surface area contributed by atoms with Gasteiger partial charge in [0, 0.05) is 29.3 Å². The van der Waals surface area contributed by atoms with Crippen LogP contribution in [-0.2, 0) is 0 Å². The first-order valence-electron chi connectivity index (χ1n) is 9.24. The van der Waals surface area contributed by atoms with Crippen LogP contribution in [0.25, 0.3) is 0 Å². The zero-order valence-corrected chi connectivity index (χ0v) is 17.0. The Bertz CT molecular complexity index is 1170. The Morgan fingerprint density at radius 3 is 2.84 bits per heavy atom. The molecule has 4 N–H and O–H groups in total. The number of halogens is 1. The van der Waals surface area contributed by atoms with E-state index in [1.807, 2.05) is 12.1 Å². The van der Waals surface area contributed by atoms with Gasteiger partial charge in [-0.15, -0.1) is 0 Å². The Morgan fingerprint density at radius 1 is 1.29 bits per heavy atom. The smallest absolute Gasteiger partial charge is 0.256 e. The highest BCUT2D eigenvalue weighted by atomic mass is 35.5. The van der Waals surface area contributed by atoms with Gasteiger partial charge in [-0.2, -0.15) is 10.2 Å². The average molecular weight is 436 g/mol. The predicted molar refractivity (Wildman–Crippen MR) is 121 cm³/mol. The summed E-state index contributed by atoms with van der Waals surface area (Å²) < 4.78 is 0. The van der Waals surface area contributed by atoms with E-state index in [1.165, 1.54) is 0 Å². The van der Waals surface area contributed by atoms with Gasteiger partial charge >= 0.3 is 0 Å². The van der Waals surface area contributed by atoms with E-state index < -0.39 is 5.91 Å². The van der Waals surface area contributed by atoms with Crippen molar-refractivity contribution >= 4 is 47.3 Å². The molecule has 1 amide bonds. The van der Waals surface area contributed by atoms with Crippen molar-refractivity contribution in [1.82, 2.24) is 15.3 Å². The van der Waals surface area contributed by atoms with Gasteiger partial charge in [-0.25, -0.2) is 4.99 Å². The molecule has 0 atom stereocenters. The Kier molecular flexibility index (Phi) is 5.95. The van der Waals surface area contributed by atoms with Crippen LogP contribution in [0.15, 0.2) is 70.8 Å². The number of hydrogen-bond acceptors (Lipinski definition) is 7. The maximum Gasteiger partial charge on any atom is 0.256 e. The minimum atomic E-state index is -0.661. The number of rotatable bonds is 7. The summed E-state index contributed by atoms with van der Waals surface area (Å²) in [6, 6.07) is 14.3. The standard InChI is InChI=1S/C21H18ClN7O2/c22-15-3-1-4-16(11-15)26-21-18(19(23)30)20(27-28-21)25-12-14-5-7-17(8-6-14)31-29-10-2-9-24-13-29/h1-12H,13H2,(H2,23,30)(H2,26,27,28). The first-order chi connectivity index (χ1) is 15.1. The molecule has 0 unspecified atom stereocenters. The van der Waals surface area contributed by atoms with Crippen molar-refractivity contribution in [3.63, 3.8) is 0 Å². The number of nitrogens with zero attached hydrogens (tertiary/aromatic N) is 4. The number of primary amides is 1. The van der Waals surface area contributed by atoms with Gasteiger partial charge in [-0.1, -0.05) is 17.7 Å². The average Bonchev–Trinajstić information content (AvgIpc) is 3.17. The summed E-state index contributed by atoms with van der Waals surface area (Å²) in [5.74, 6) is 0.507. The van der Waals surface area contributed by atoms with Gasteiger partial charge in [0.2, 0.25) is 0 Å². The van der Waals surface area contributed by atoms with Crippen molar-refractivity contribution in [3.8, 4) is 5.75 Å². The second-order valence-corrected chi connectivity index (χ2v) is 6.88. The van der Waals surface area contributed by atoms with E-state index in [4.69, 9.17) is 22.2 Å². The lowest BCUT2D eigenvalue weighted by molar-refractivity contribution is -0.00504. The van der Waals surface area contributed by atoms with Crippen LogP contribution in [0.4, 0.5) is 17.3 Å². The van der Waals surface area contributed by atoms with Crippen LogP contribution in [-0.4, -0.2) is 40.3 Å². The molecule has 1 aliphatic heterocycles. The zero-order valence-electron chi connectivity index (χ0n) is 16.2. The van der Waals surface area contributed by atoms with Gasteiger partial charge in [-0.3, -0.25) is 14.9 Å². The molecule has 156 valence electrons. The van der Waals surface area contributed by atoms with Gasteiger partial charge in [0.15, 0.2) is 11.6 Å². The number of hydrogen-bond donors (Lipinski definition) is 3. The highest BCUT2D eigenvalue weighted by Gasteiger charge is 2.18. The molecule has 0 bridgehead atoms. The van der Waals surface area contributed by atoms with Gasteiger partial charge in [0.1, 0.15) is 18.1 Å². The molecule has 0 saturated heterocycles. The van der Waals surface area contributed by atoms with E-state index in [1.54, 1.807) is 66.2 Å². The molecule has 3 aromatic rings. The predicted octanol–water partition coefficient (Wildman–Crippen LogP) is 3.81. The number of aromatic nitrogens is 2. The lowest BCUT2D eigenvalue weighted by Crippen LogP contribution is -2.23. The zero-order chi connectivity index (χ0) is 21.6. The Balaban J connectivity index is 1.48. The number of amides is 1. The molecule has 0 spiro atoms. The molecule has 9 nitrogen and oxygen atoms in total. The van der Waals surface area contributed by atoms with Gasteiger partial charge in [0.05, 0.1) is 0 Å². The monoisotopic (exact) mass is 435 g/mol. The van der Waals surface area contributed by atoms with Crippen LogP contribution in [0.5, 0.6) is 5.75 Å². The molecule has 2 aromatic carbocycles. The van der Waals surface area contributed by atoms with Gasteiger partial charge in [0.25, 0.3) is 5.91 Å². The van der Waals surface area contributed by atoms with E-state index in [9.17, 15) is 4.79 Å². The van der Waals surface area contributed by atoms with Crippen LogP contribution in [0.1, 0.15) is 15.9 Å². The molecular weight excluding hydrogens is 418 g/mol. The summed E-state index contributed by atoms with van der Waals surface area (Å²) in [5.41, 5.74) is 7.17.